The summed E-state index contributed by atoms with van der Waals surface area (Å²) < 4.78 is 9.80. The van der Waals surface area contributed by atoms with Crippen molar-refractivity contribution in [3.8, 4) is 0 Å². The zero-order valence-corrected chi connectivity index (χ0v) is 14.0. The fraction of sp³-hybridized carbons (Fsp3) is 0.312. The molecule has 1 atom stereocenters. The highest BCUT2D eigenvalue weighted by molar-refractivity contribution is 7.80. The Labute approximate surface area is 139 Å². The number of hydrogen-bond donors (Lipinski definition) is 2. The van der Waals surface area contributed by atoms with Gasteiger partial charge in [0.25, 0.3) is 0 Å². The minimum Gasteiger partial charge on any atom is -0.465 e. The molecule has 0 spiro atoms. The number of methoxy groups -OCH3 is 1. The van der Waals surface area contributed by atoms with Gasteiger partial charge in [0.2, 0.25) is 0 Å². The highest BCUT2D eigenvalue weighted by Gasteiger charge is 2.30. The molecular formula is C16H18N2O4S. The van der Waals surface area contributed by atoms with Gasteiger partial charge in [0.1, 0.15) is 0 Å². The van der Waals surface area contributed by atoms with Crippen molar-refractivity contribution in [3.05, 3.63) is 46.7 Å². The summed E-state index contributed by atoms with van der Waals surface area (Å²) in [6.45, 7) is 3.81. The Kier molecular flexibility index (Phi) is 5.33. The van der Waals surface area contributed by atoms with Crippen molar-refractivity contribution in [2.45, 2.75) is 19.9 Å². The quantitative estimate of drug-likeness (QED) is 0.642. The average Bonchev–Trinajstić information content (AvgIpc) is 2.53. The molecule has 0 saturated carbocycles. The highest BCUT2D eigenvalue weighted by atomic mass is 32.1. The Morgan fingerprint density at radius 2 is 1.87 bits per heavy atom. The Hall–Kier alpha value is -2.41. The van der Waals surface area contributed by atoms with E-state index in [1.54, 1.807) is 38.1 Å². The van der Waals surface area contributed by atoms with E-state index < -0.39 is 18.0 Å². The van der Waals surface area contributed by atoms with Crippen molar-refractivity contribution in [2.75, 3.05) is 13.7 Å². The van der Waals surface area contributed by atoms with Crippen LogP contribution in [0.2, 0.25) is 0 Å². The SMILES string of the molecule is CCOC(=O)C1=C(C)NC(=S)N[C@@H]1c1ccc(C(=O)OC)cc1. The molecule has 0 unspecified atom stereocenters. The first-order valence-electron chi connectivity index (χ1n) is 7.11. The summed E-state index contributed by atoms with van der Waals surface area (Å²) in [5, 5.41) is 6.42. The lowest BCUT2D eigenvalue weighted by atomic mass is 9.95. The molecule has 0 radical (unpaired) electrons. The van der Waals surface area contributed by atoms with Gasteiger partial charge < -0.3 is 20.1 Å². The van der Waals surface area contributed by atoms with Crippen LogP contribution >= 0.6 is 12.2 Å². The minimum atomic E-state index is -0.436. The summed E-state index contributed by atoms with van der Waals surface area (Å²) in [5.41, 5.74) is 2.34. The van der Waals surface area contributed by atoms with Crippen molar-refractivity contribution < 1.29 is 19.1 Å². The molecule has 0 saturated heterocycles. The zero-order valence-electron chi connectivity index (χ0n) is 13.1. The summed E-state index contributed by atoms with van der Waals surface area (Å²) in [6.07, 6.45) is 0. The van der Waals surface area contributed by atoms with Gasteiger partial charge in [-0.25, -0.2) is 9.59 Å². The number of allylic oxidation sites excluding steroid dienone is 1. The minimum absolute atomic E-state index is 0.286. The van der Waals surface area contributed by atoms with Crippen LogP contribution in [0.4, 0.5) is 0 Å². The lowest BCUT2D eigenvalue weighted by Crippen LogP contribution is -2.45. The molecule has 1 aliphatic heterocycles. The van der Waals surface area contributed by atoms with Gasteiger partial charge in [0, 0.05) is 5.70 Å². The molecule has 7 heteroatoms. The molecule has 1 aliphatic rings. The number of ether oxygens (including phenoxy) is 2. The molecule has 1 heterocycles. The predicted molar refractivity (Wildman–Crippen MR) is 88.7 cm³/mol. The van der Waals surface area contributed by atoms with E-state index in [-0.39, 0.29) is 6.61 Å². The molecule has 1 aromatic carbocycles. The second-order valence-corrected chi connectivity index (χ2v) is 5.31. The summed E-state index contributed by atoms with van der Waals surface area (Å²) in [7, 11) is 1.33. The Morgan fingerprint density at radius 3 is 2.43 bits per heavy atom. The van der Waals surface area contributed by atoms with Crippen LogP contribution in [0.3, 0.4) is 0 Å². The van der Waals surface area contributed by atoms with Crippen molar-refractivity contribution in [2.24, 2.45) is 0 Å². The van der Waals surface area contributed by atoms with Gasteiger partial charge in [-0.05, 0) is 43.8 Å². The maximum atomic E-state index is 12.2. The first kappa shape index (κ1) is 17.0. The number of hydrogen-bond acceptors (Lipinski definition) is 5. The number of nitrogens with one attached hydrogen (secondary N) is 2. The number of rotatable bonds is 4. The van der Waals surface area contributed by atoms with Crippen molar-refractivity contribution in [1.29, 1.82) is 0 Å². The van der Waals surface area contributed by atoms with Gasteiger partial charge >= 0.3 is 11.9 Å². The molecule has 122 valence electrons. The third kappa shape index (κ3) is 3.68. The lowest BCUT2D eigenvalue weighted by Gasteiger charge is -2.29. The fourth-order valence-corrected chi connectivity index (χ4v) is 2.62. The second-order valence-electron chi connectivity index (χ2n) is 4.90. The molecule has 0 fully saturated rings. The highest BCUT2D eigenvalue weighted by Crippen LogP contribution is 2.27. The van der Waals surface area contributed by atoms with E-state index in [9.17, 15) is 9.59 Å². The van der Waals surface area contributed by atoms with Crippen molar-refractivity contribution in [3.63, 3.8) is 0 Å². The van der Waals surface area contributed by atoms with E-state index >= 15 is 0 Å². The molecule has 6 nitrogen and oxygen atoms in total. The van der Waals surface area contributed by atoms with Crippen LogP contribution in [0, 0.1) is 0 Å². The van der Waals surface area contributed by atoms with Gasteiger partial charge in [-0.3, -0.25) is 0 Å². The smallest absolute Gasteiger partial charge is 0.338 e. The van der Waals surface area contributed by atoms with Gasteiger partial charge in [-0.2, -0.15) is 0 Å². The number of carbonyl (C=O) groups excluding carboxylic acids is 2. The standard InChI is InChI=1S/C16H18N2O4S/c1-4-22-15(20)12-9(2)17-16(23)18-13(12)10-5-7-11(8-6-10)14(19)21-3/h5-8,13H,4H2,1-3H3,(H2,17,18,23)/t13-/m1/s1. The first-order valence-corrected chi connectivity index (χ1v) is 7.52. The zero-order chi connectivity index (χ0) is 17.0. The van der Waals surface area contributed by atoms with Crippen molar-refractivity contribution in [1.82, 2.24) is 10.6 Å². The van der Waals surface area contributed by atoms with E-state index in [2.05, 4.69) is 15.4 Å². The Bertz CT molecular complexity index is 667. The van der Waals surface area contributed by atoms with Crippen LogP contribution < -0.4 is 10.6 Å². The van der Waals surface area contributed by atoms with Gasteiger partial charge in [0.05, 0.1) is 30.9 Å². The third-order valence-corrected chi connectivity index (χ3v) is 3.65. The summed E-state index contributed by atoms with van der Waals surface area (Å²) >= 11 is 5.17. The molecule has 0 bridgehead atoms. The van der Waals surface area contributed by atoms with Gasteiger partial charge in [-0.1, -0.05) is 12.1 Å². The number of carbonyl (C=O) groups is 2. The topological polar surface area (TPSA) is 76.7 Å². The summed E-state index contributed by atoms with van der Waals surface area (Å²) in [6, 6.07) is 6.36. The lowest BCUT2D eigenvalue weighted by molar-refractivity contribution is -0.139. The number of benzene rings is 1. The molecular weight excluding hydrogens is 316 g/mol. The van der Waals surface area contributed by atoms with Crippen LogP contribution in [0.25, 0.3) is 0 Å². The summed E-state index contributed by atoms with van der Waals surface area (Å²) in [4.78, 5) is 23.8. The van der Waals surface area contributed by atoms with Crippen LogP contribution in [-0.4, -0.2) is 30.8 Å². The van der Waals surface area contributed by atoms with E-state index in [1.807, 2.05) is 0 Å². The fourth-order valence-electron chi connectivity index (χ4n) is 2.35. The largest absolute Gasteiger partial charge is 0.465 e. The maximum absolute atomic E-state index is 12.2. The normalized spacial score (nSPS) is 17.2. The second kappa shape index (κ2) is 7.23. The molecule has 0 amide bonds. The van der Waals surface area contributed by atoms with Crippen LogP contribution in [-0.2, 0) is 14.3 Å². The van der Waals surface area contributed by atoms with E-state index in [1.165, 1.54) is 7.11 Å². The molecule has 23 heavy (non-hydrogen) atoms. The molecule has 0 aromatic heterocycles. The number of esters is 2. The molecule has 2 N–H and O–H groups in total. The predicted octanol–water partition coefficient (Wildman–Crippen LogP) is 1.83. The van der Waals surface area contributed by atoms with E-state index in [4.69, 9.17) is 17.0 Å². The van der Waals surface area contributed by atoms with E-state index in [0.29, 0.717) is 21.9 Å². The van der Waals surface area contributed by atoms with Crippen LogP contribution in [0.5, 0.6) is 0 Å². The Morgan fingerprint density at radius 1 is 1.22 bits per heavy atom. The van der Waals surface area contributed by atoms with Gasteiger partial charge in [0.15, 0.2) is 5.11 Å². The molecule has 2 rings (SSSR count). The maximum Gasteiger partial charge on any atom is 0.338 e. The van der Waals surface area contributed by atoms with Crippen LogP contribution in [0.15, 0.2) is 35.5 Å². The Balaban J connectivity index is 2.38. The monoisotopic (exact) mass is 334 g/mol. The van der Waals surface area contributed by atoms with E-state index in [0.717, 1.165) is 5.56 Å². The molecule has 1 aromatic rings. The summed E-state index contributed by atoms with van der Waals surface area (Å²) in [5.74, 6) is -0.822. The third-order valence-electron chi connectivity index (χ3n) is 3.43. The number of thiocarbonyl (C=S) groups is 1. The first-order chi connectivity index (χ1) is 11.0. The van der Waals surface area contributed by atoms with Crippen LogP contribution in [0.1, 0.15) is 35.8 Å². The molecule has 0 aliphatic carbocycles. The van der Waals surface area contributed by atoms with Gasteiger partial charge in [-0.15, -0.1) is 0 Å². The van der Waals surface area contributed by atoms with Crippen molar-refractivity contribution >= 4 is 29.3 Å². The average molecular weight is 334 g/mol.